The summed E-state index contributed by atoms with van der Waals surface area (Å²) in [6, 6.07) is 10.7. The Kier molecular flexibility index (Phi) is 4.53. The van der Waals surface area contributed by atoms with Crippen molar-refractivity contribution in [2.45, 2.75) is 44.9 Å². The van der Waals surface area contributed by atoms with Crippen LogP contribution in [-0.4, -0.2) is 30.4 Å². The molecule has 1 aliphatic heterocycles. The van der Waals surface area contributed by atoms with Gasteiger partial charge in [-0.25, -0.2) is 0 Å². The molecule has 0 spiro atoms. The third kappa shape index (κ3) is 3.19. The van der Waals surface area contributed by atoms with Crippen LogP contribution >= 0.6 is 0 Å². The number of rotatable bonds is 3. The van der Waals surface area contributed by atoms with Gasteiger partial charge in [0, 0.05) is 19.0 Å². The maximum Gasteiger partial charge on any atom is 0.225 e. The molecule has 120 valence electrons. The molecule has 1 heterocycles. The molecule has 1 aromatic rings. The van der Waals surface area contributed by atoms with Crippen molar-refractivity contribution in [1.82, 2.24) is 4.90 Å². The van der Waals surface area contributed by atoms with E-state index in [4.69, 9.17) is 5.73 Å². The minimum Gasteiger partial charge on any atom is -0.342 e. The van der Waals surface area contributed by atoms with Crippen molar-refractivity contribution >= 4 is 5.91 Å². The van der Waals surface area contributed by atoms with Crippen LogP contribution in [0.4, 0.5) is 0 Å². The SMILES string of the molecule is CC1(CN)CCN(C(=O)C2CCC(c3ccccc3)CC2)C1. The van der Waals surface area contributed by atoms with Gasteiger partial charge in [0.2, 0.25) is 5.91 Å². The summed E-state index contributed by atoms with van der Waals surface area (Å²) >= 11 is 0. The smallest absolute Gasteiger partial charge is 0.225 e. The van der Waals surface area contributed by atoms with Gasteiger partial charge in [0.25, 0.3) is 0 Å². The van der Waals surface area contributed by atoms with Crippen LogP contribution in [0.3, 0.4) is 0 Å². The monoisotopic (exact) mass is 300 g/mol. The molecular formula is C19H28N2O. The Balaban J connectivity index is 1.54. The van der Waals surface area contributed by atoms with E-state index in [-0.39, 0.29) is 11.3 Å². The molecule has 3 nitrogen and oxygen atoms in total. The number of amides is 1. The van der Waals surface area contributed by atoms with Crippen molar-refractivity contribution in [3.8, 4) is 0 Å². The average molecular weight is 300 g/mol. The number of nitrogens with zero attached hydrogens (tertiary/aromatic N) is 1. The van der Waals surface area contributed by atoms with Crippen LogP contribution in [0.2, 0.25) is 0 Å². The van der Waals surface area contributed by atoms with E-state index >= 15 is 0 Å². The predicted octanol–water partition coefficient (Wildman–Crippen LogP) is 3.16. The Bertz CT molecular complexity index is 507. The third-order valence-corrected chi connectivity index (χ3v) is 5.71. The lowest BCUT2D eigenvalue weighted by atomic mass is 9.78. The van der Waals surface area contributed by atoms with Gasteiger partial charge < -0.3 is 10.6 Å². The van der Waals surface area contributed by atoms with Crippen LogP contribution in [0.1, 0.15) is 50.5 Å². The summed E-state index contributed by atoms with van der Waals surface area (Å²) < 4.78 is 0. The van der Waals surface area contributed by atoms with Crippen LogP contribution in [0.15, 0.2) is 30.3 Å². The molecule has 0 bridgehead atoms. The first-order valence-corrected chi connectivity index (χ1v) is 8.65. The molecule has 2 aliphatic rings. The van der Waals surface area contributed by atoms with E-state index in [2.05, 4.69) is 42.2 Å². The van der Waals surface area contributed by atoms with Crippen LogP contribution in [0.5, 0.6) is 0 Å². The second kappa shape index (κ2) is 6.41. The van der Waals surface area contributed by atoms with Crippen LogP contribution in [-0.2, 0) is 4.79 Å². The average Bonchev–Trinajstić information content (AvgIpc) is 2.98. The Hall–Kier alpha value is -1.35. The van der Waals surface area contributed by atoms with Crippen molar-refractivity contribution in [2.75, 3.05) is 19.6 Å². The van der Waals surface area contributed by atoms with Crippen LogP contribution in [0.25, 0.3) is 0 Å². The fourth-order valence-corrected chi connectivity index (χ4v) is 4.04. The number of hydrogen-bond acceptors (Lipinski definition) is 2. The highest BCUT2D eigenvalue weighted by atomic mass is 16.2. The molecule has 2 N–H and O–H groups in total. The molecule has 1 saturated carbocycles. The topological polar surface area (TPSA) is 46.3 Å². The molecule has 1 saturated heterocycles. The first kappa shape index (κ1) is 15.5. The standard InChI is InChI=1S/C19H28N2O/c1-19(13-20)11-12-21(14-19)18(22)17-9-7-16(8-10-17)15-5-3-2-4-6-15/h2-6,16-17H,7-14,20H2,1H3. The highest BCUT2D eigenvalue weighted by molar-refractivity contribution is 5.79. The lowest BCUT2D eigenvalue weighted by Crippen LogP contribution is -2.38. The highest BCUT2D eigenvalue weighted by Crippen LogP contribution is 2.38. The Morgan fingerprint density at radius 1 is 1.23 bits per heavy atom. The number of carbonyl (C=O) groups excluding carboxylic acids is 1. The Labute approximate surface area is 133 Å². The zero-order valence-electron chi connectivity index (χ0n) is 13.6. The molecule has 1 amide bonds. The van der Waals surface area contributed by atoms with E-state index in [1.807, 2.05) is 0 Å². The molecule has 1 atom stereocenters. The summed E-state index contributed by atoms with van der Waals surface area (Å²) in [5.41, 5.74) is 7.42. The maximum atomic E-state index is 12.7. The minimum atomic E-state index is 0.136. The number of benzene rings is 1. The van der Waals surface area contributed by atoms with E-state index in [0.717, 1.165) is 45.2 Å². The number of likely N-dealkylation sites (tertiary alicyclic amines) is 1. The van der Waals surface area contributed by atoms with E-state index < -0.39 is 0 Å². The van der Waals surface area contributed by atoms with Crippen LogP contribution in [0, 0.1) is 11.3 Å². The first-order valence-electron chi connectivity index (χ1n) is 8.65. The summed E-state index contributed by atoms with van der Waals surface area (Å²) in [6.45, 7) is 4.62. The minimum absolute atomic E-state index is 0.136. The molecular weight excluding hydrogens is 272 g/mol. The fourth-order valence-electron chi connectivity index (χ4n) is 4.04. The zero-order valence-corrected chi connectivity index (χ0v) is 13.6. The van der Waals surface area contributed by atoms with Gasteiger partial charge >= 0.3 is 0 Å². The van der Waals surface area contributed by atoms with Crippen molar-refractivity contribution in [3.63, 3.8) is 0 Å². The normalized spacial score (nSPS) is 32.2. The summed E-state index contributed by atoms with van der Waals surface area (Å²) in [5.74, 6) is 1.25. The summed E-state index contributed by atoms with van der Waals surface area (Å²) in [4.78, 5) is 14.8. The fraction of sp³-hybridized carbons (Fsp3) is 0.632. The number of carbonyl (C=O) groups is 1. The second-order valence-corrected chi connectivity index (χ2v) is 7.48. The molecule has 1 unspecified atom stereocenters. The Morgan fingerprint density at radius 2 is 1.91 bits per heavy atom. The second-order valence-electron chi connectivity index (χ2n) is 7.48. The molecule has 0 aromatic heterocycles. The van der Waals surface area contributed by atoms with E-state index in [1.165, 1.54) is 5.56 Å². The molecule has 1 aromatic carbocycles. The van der Waals surface area contributed by atoms with Gasteiger partial charge in [-0.3, -0.25) is 4.79 Å². The van der Waals surface area contributed by atoms with E-state index in [9.17, 15) is 4.79 Å². The van der Waals surface area contributed by atoms with Crippen molar-refractivity contribution in [1.29, 1.82) is 0 Å². The Morgan fingerprint density at radius 3 is 2.50 bits per heavy atom. The molecule has 3 rings (SSSR count). The lowest BCUT2D eigenvalue weighted by Gasteiger charge is -2.31. The zero-order chi connectivity index (χ0) is 15.6. The summed E-state index contributed by atoms with van der Waals surface area (Å²) in [7, 11) is 0. The van der Waals surface area contributed by atoms with Gasteiger partial charge in [-0.05, 0) is 55.5 Å². The van der Waals surface area contributed by atoms with E-state index in [1.54, 1.807) is 0 Å². The van der Waals surface area contributed by atoms with Crippen molar-refractivity contribution in [2.24, 2.45) is 17.1 Å². The quantitative estimate of drug-likeness (QED) is 0.932. The van der Waals surface area contributed by atoms with Gasteiger partial charge in [0.15, 0.2) is 0 Å². The molecule has 22 heavy (non-hydrogen) atoms. The first-order chi connectivity index (χ1) is 10.6. The number of nitrogens with two attached hydrogens (primary N) is 1. The van der Waals surface area contributed by atoms with E-state index in [0.29, 0.717) is 18.4 Å². The molecule has 1 aliphatic carbocycles. The van der Waals surface area contributed by atoms with Gasteiger partial charge in [-0.1, -0.05) is 37.3 Å². The largest absolute Gasteiger partial charge is 0.342 e. The van der Waals surface area contributed by atoms with Gasteiger partial charge in [-0.15, -0.1) is 0 Å². The third-order valence-electron chi connectivity index (χ3n) is 5.71. The maximum absolute atomic E-state index is 12.7. The molecule has 2 fully saturated rings. The number of hydrogen-bond donors (Lipinski definition) is 1. The highest BCUT2D eigenvalue weighted by Gasteiger charge is 2.38. The lowest BCUT2D eigenvalue weighted by molar-refractivity contribution is -0.135. The van der Waals surface area contributed by atoms with Crippen LogP contribution < -0.4 is 5.73 Å². The predicted molar refractivity (Wildman–Crippen MR) is 89.5 cm³/mol. The molecule has 0 radical (unpaired) electrons. The summed E-state index contributed by atoms with van der Waals surface area (Å²) in [6.07, 6.45) is 5.40. The molecule has 3 heteroatoms. The van der Waals surface area contributed by atoms with Gasteiger partial charge in [0.1, 0.15) is 0 Å². The van der Waals surface area contributed by atoms with Crippen molar-refractivity contribution in [3.05, 3.63) is 35.9 Å². The summed E-state index contributed by atoms with van der Waals surface area (Å²) in [5, 5.41) is 0. The van der Waals surface area contributed by atoms with Gasteiger partial charge in [-0.2, -0.15) is 0 Å². The van der Waals surface area contributed by atoms with Crippen molar-refractivity contribution < 1.29 is 4.79 Å². The van der Waals surface area contributed by atoms with Gasteiger partial charge in [0.05, 0.1) is 0 Å².